The summed E-state index contributed by atoms with van der Waals surface area (Å²) in [6.07, 6.45) is 3.35. The largest absolute Gasteiger partial charge is 0.481 e. The van der Waals surface area contributed by atoms with Gasteiger partial charge in [0, 0.05) is 5.41 Å². The first-order valence-electron chi connectivity index (χ1n) is 5.90. The lowest BCUT2D eigenvalue weighted by Crippen LogP contribution is -2.44. The minimum absolute atomic E-state index is 0.0872. The van der Waals surface area contributed by atoms with Gasteiger partial charge < -0.3 is 10.2 Å². The van der Waals surface area contributed by atoms with Gasteiger partial charge in [0.05, 0.1) is 11.8 Å². The summed E-state index contributed by atoms with van der Waals surface area (Å²) in [5, 5.41) is 18.5. The van der Waals surface area contributed by atoms with E-state index in [1.807, 2.05) is 27.7 Å². The van der Waals surface area contributed by atoms with Crippen LogP contribution in [0.15, 0.2) is 12.2 Å². The second kappa shape index (κ2) is 4.51. The molecule has 0 radical (unpaired) electrons. The monoisotopic (exact) mass is 240 g/mol. The van der Waals surface area contributed by atoms with Gasteiger partial charge in [0.1, 0.15) is 0 Å². The zero-order chi connectivity index (χ0) is 13.4. The number of hydrogen-bond acceptors (Lipinski definition) is 2. The second-order valence-electron chi connectivity index (χ2n) is 5.35. The van der Waals surface area contributed by atoms with Gasteiger partial charge >= 0.3 is 11.9 Å². The van der Waals surface area contributed by atoms with Gasteiger partial charge in [-0.1, -0.05) is 39.8 Å². The normalized spacial score (nSPS) is 26.7. The van der Waals surface area contributed by atoms with Gasteiger partial charge in [-0.25, -0.2) is 0 Å². The van der Waals surface area contributed by atoms with Gasteiger partial charge in [-0.15, -0.1) is 0 Å². The molecule has 2 atom stereocenters. The molecule has 0 aromatic heterocycles. The molecular formula is C13H20O4. The van der Waals surface area contributed by atoms with Crippen molar-refractivity contribution in [2.24, 2.45) is 29.1 Å². The molecule has 4 heteroatoms. The molecule has 0 aromatic carbocycles. The van der Waals surface area contributed by atoms with Crippen LogP contribution in [0.1, 0.15) is 27.7 Å². The van der Waals surface area contributed by atoms with Crippen LogP contribution < -0.4 is 0 Å². The van der Waals surface area contributed by atoms with Crippen LogP contribution in [-0.2, 0) is 9.59 Å². The molecule has 0 heterocycles. The zero-order valence-electron chi connectivity index (χ0n) is 10.7. The highest BCUT2D eigenvalue weighted by atomic mass is 16.4. The first-order valence-corrected chi connectivity index (χ1v) is 5.90. The highest BCUT2D eigenvalue weighted by molar-refractivity contribution is 5.84. The molecule has 0 spiro atoms. The van der Waals surface area contributed by atoms with Gasteiger partial charge in [0.2, 0.25) is 0 Å². The molecule has 0 saturated carbocycles. The fraction of sp³-hybridized carbons (Fsp3) is 0.692. The van der Waals surface area contributed by atoms with Crippen molar-refractivity contribution in [2.75, 3.05) is 0 Å². The smallest absolute Gasteiger partial charge is 0.311 e. The lowest BCUT2D eigenvalue weighted by molar-refractivity contribution is -0.157. The average Bonchev–Trinajstić information content (AvgIpc) is 2.57. The Morgan fingerprint density at radius 1 is 1.06 bits per heavy atom. The maximum absolute atomic E-state index is 11.4. The fourth-order valence-corrected chi connectivity index (χ4v) is 3.16. The van der Waals surface area contributed by atoms with E-state index in [2.05, 4.69) is 0 Å². The predicted octanol–water partition coefficient (Wildman–Crippen LogP) is 2.26. The molecule has 17 heavy (non-hydrogen) atoms. The Hall–Kier alpha value is -1.32. The topological polar surface area (TPSA) is 74.6 Å². The number of carboxylic acids is 2. The highest BCUT2D eigenvalue weighted by Crippen LogP contribution is 2.52. The van der Waals surface area contributed by atoms with E-state index in [4.69, 9.17) is 5.11 Å². The van der Waals surface area contributed by atoms with Crippen molar-refractivity contribution in [3.05, 3.63) is 12.2 Å². The average molecular weight is 240 g/mol. The van der Waals surface area contributed by atoms with Gasteiger partial charge in [-0.2, -0.15) is 0 Å². The van der Waals surface area contributed by atoms with E-state index < -0.39 is 29.2 Å². The number of hydrogen-bond donors (Lipinski definition) is 2. The molecule has 0 aliphatic heterocycles. The molecule has 2 unspecified atom stereocenters. The molecule has 0 aromatic rings. The Morgan fingerprint density at radius 3 is 1.82 bits per heavy atom. The van der Waals surface area contributed by atoms with Crippen LogP contribution in [0.3, 0.4) is 0 Å². The predicted molar refractivity (Wildman–Crippen MR) is 63.5 cm³/mol. The van der Waals surface area contributed by atoms with Crippen molar-refractivity contribution in [3.63, 3.8) is 0 Å². The molecule has 2 N–H and O–H groups in total. The molecule has 1 aliphatic rings. The Bertz CT molecular complexity index is 346. The summed E-state index contributed by atoms with van der Waals surface area (Å²) in [6.45, 7) is 7.80. The Kier molecular flexibility index (Phi) is 3.65. The lowest BCUT2D eigenvalue weighted by atomic mass is 9.61. The highest BCUT2D eigenvalue weighted by Gasteiger charge is 2.54. The van der Waals surface area contributed by atoms with E-state index in [0.717, 1.165) is 0 Å². The Morgan fingerprint density at radius 2 is 1.53 bits per heavy atom. The van der Waals surface area contributed by atoms with Crippen molar-refractivity contribution in [2.45, 2.75) is 27.7 Å². The van der Waals surface area contributed by atoms with Crippen molar-refractivity contribution in [3.8, 4) is 0 Å². The van der Waals surface area contributed by atoms with E-state index >= 15 is 0 Å². The molecular weight excluding hydrogens is 220 g/mol. The molecule has 1 aliphatic carbocycles. The first-order chi connectivity index (χ1) is 7.75. The summed E-state index contributed by atoms with van der Waals surface area (Å²) in [7, 11) is 0. The number of rotatable bonds is 4. The van der Waals surface area contributed by atoms with Gasteiger partial charge in [-0.05, 0) is 11.8 Å². The first kappa shape index (κ1) is 13.7. The van der Waals surface area contributed by atoms with Crippen LogP contribution >= 0.6 is 0 Å². The molecule has 96 valence electrons. The minimum Gasteiger partial charge on any atom is -0.481 e. The number of carbonyl (C=O) groups is 2. The van der Waals surface area contributed by atoms with E-state index in [1.54, 1.807) is 12.2 Å². The quantitative estimate of drug-likeness (QED) is 0.739. The molecule has 0 saturated heterocycles. The molecule has 1 rings (SSSR count). The third-order valence-electron chi connectivity index (χ3n) is 4.04. The van der Waals surface area contributed by atoms with Crippen molar-refractivity contribution < 1.29 is 19.8 Å². The van der Waals surface area contributed by atoms with Crippen LogP contribution in [0.4, 0.5) is 0 Å². The molecule has 0 amide bonds. The molecule has 4 nitrogen and oxygen atoms in total. The van der Waals surface area contributed by atoms with E-state index in [9.17, 15) is 14.7 Å². The van der Waals surface area contributed by atoms with E-state index in [-0.39, 0.29) is 11.8 Å². The summed E-state index contributed by atoms with van der Waals surface area (Å²) in [5.41, 5.74) is -0.575. The maximum atomic E-state index is 11.4. The lowest BCUT2D eigenvalue weighted by Gasteiger charge is -2.41. The maximum Gasteiger partial charge on any atom is 0.311 e. The van der Waals surface area contributed by atoms with Crippen LogP contribution in [0, 0.1) is 29.1 Å². The van der Waals surface area contributed by atoms with Crippen LogP contribution in [0.5, 0.6) is 0 Å². The van der Waals surface area contributed by atoms with Crippen LogP contribution in [-0.4, -0.2) is 22.2 Å². The number of aliphatic carboxylic acids is 2. The number of allylic oxidation sites excluding steroid dienone is 1. The Balaban J connectivity index is 3.28. The summed E-state index contributed by atoms with van der Waals surface area (Å²) in [6, 6.07) is 0. The van der Waals surface area contributed by atoms with E-state index in [1.165, 1.54) is 0 Å². The van der Waals surface area contributed by atoms with Crippen LogP contribution in [0.25, 0.3) is 0 Å². The minimum atomic E-state index is -1.06. The summed E-state index contributed by atoms with van der Waals surface area (Å²) < 4.78 is 0. The summed E-state index contributed by atoms with van der Waals surface area (Å²) >= 11 is 0. The van der Waals surface area contributed by atoms with Crippen LogP contribution in [0.2, 0.25) is 0 Å². The summed E-state index contributed by atoms with van der Waals surface area (Å²) in [4.78, 5) is 22.6. The third-order valence-corrected chi connectivity index (χ3v) is 4.04. The molecule has 0 bridgehead atoms. The number of carboxylic acid groups (broad SMARTS) is 2. The standard InChI is InChI=1S/C13H20O4/c1-7(2)13(8(3)4)6-5-9(11(14)15)10(13)12(16)17/h5-10H,1-4H3,(H,14,15)(H,16,17). The van der Waals surface area contributed by atoms with Crippen molar-refractivity contribution >= 4 is 11.9 Å². The van der Waals surface area contributed by atoms with Gasteiger partial charge in [-0.3, -0.25) is 9.59 Å². The third kappa shape index (κ3) is 1.96. The second-order valence-corrected chi connectivity index (χ2v) is 5.35. The van der Waals surface area contributed by atoms with Crippen molar-refractivity contribution in [1.82, 2.24) is 0 Å². The fourth-order valence-electron chi connectivity index (χ4n) is 3.16. The van der Waals surface area contributed by atoms with E-state index in [0.29, 0.717) is 0 Å². The van der Waals surface area contributed by atoms with Crippen molar-refractivity contribution in [1.29, 1.82) is 0 Å². The summed E-state index contributed by atoms with van der Waals surface area (Å²) in [5.74, 6) is -3.70. The SMILES string of the molecule is CC(C)C1(C(C)C)C=CC(C(=O)O)C1C(=O)O. The Labute approximate surface area is 101 Å². The van der Waals surface area contributed by atoms with Gasteiger partial charge in [0.15, 0.2) is 0 Å². The zero-order valence-corrected chi connectivity index (χ0v) is 10.7. The molecule has 0 fully saturated rings. The van der Waals surface area contributed by atoms with Gasteiger partial charge in [0.25, 0.3) is 0 Å².